The number of nitrogens with one attached hydrogen (secondary N) is 2. The number of alkyl halides is 3. The standard InChI is InChI=1S/C12H24F3N3O2S/c1-11(2,17-21(3,19)20)8-16-10-4-6-18(7-5-10)9-12(13,14)15/h10,16-17H,4-9H2,1-3H3. The van der Waals surface area contributed by atoms with Gasteiger partial charge in [0.25, 0.3) is 0 Å². The Bertz CT molecular complexity index is 430. The van der Waals surface area contributed by atoms with Gasteiger partial charge in [-0.1, -0.05) is 0 Å². The summed E-state index contributed by atoms with van der Waals surface area (Å²) in [5.74, 6) is 0. The molecular weight excluding hydrogens is 307 g/mol. The van der Waals surface area contributed by atoms with E-state index >= 15 is 0 Å². The molecule has 0 unspecified atom stereocenters. The molecule has 1 fully saturated rings. The number of sulfonamides is 1. The van der Waals surface area contributed by atoms with Crippen molar-refractivity contribution in [3.05, 3.63) is 0 Å². The Kier molecular flexibility index (Phi) is 6.05. The van der Waals surface area contributed by atoms with E-state index in [2.05, 4.69) is 10.0 Å². The van der Waals surface area contributed by atoms with Gasteiger partial charge in [-0.15, -0.1) is 0 Å². The highest BCUT2D eigenvalue weighted by atomic mass is 32.2. The molecule has 0 aromatic carbocycles. The molecule has 1 rings (SSSR count). The lowest BCUT2D eigenvalue weighted by molar-refractivity contribution is -0.148. The maximum Gasteiger partial charge on any atom is 0.401 e. The number of rotatable bonds is 6. The molecule has 126 valence electrons. The molecule has 1 heterocycles. The fraction of sp³-hybridized carbons (Fsp3) is 1.00. The first-order valence-corrected chi connectivity index (χ1v) is 8.77. The fourth-order valence-corrected chi connectivity index (χ4v) is 3.56. The van der Waals surface area contributed by atoms with Crippen LogP contribution in [0.2, 0.25) is 0 Å². The number of piperidine rings is 1. The highest BCUT2D eigenvalue weighted by Gasteiger charge is 2.32. The number of hydrogen-bond acceptors (Lipinski definition) is 4. The van der Waals surface area contributed by atoms with Gasteiger partial charge in [0.05, 0.1) is 12.8 Å². The topological polar surface area (TPSA) is 61.4 Å². The van der Waals surface area contributed by atoms with Crippen molar-refractivity contribution >= 4 is 10.0 Å². The van der Waals surface area contributed by atoms with Crippen LogP contribution in [-0.2, 0) is 10.0 Å². The summed E-state index contributed by atoms with van der Waals surface area (Å²) in [7, 11) is -3.29. The van der Waals surface area contributed by atoms with Gasteiger partial charge >= 0.3 is 6.18 Å². The van der Waals surface area contributed by atoms with Crippen LogP contribution in [0.3, 0.4) is 0 Å². The number of halogens is 3. The first-order chi connectivity index (χ1) is 9.36. The third-order valence-corrected chi connectivity index (χ3v) is 4.21. The molecular formula is C12H24F3N3O2S. The lowest BCUT2D eigenvalue weighted by Gasteiger charge is -2.35. The normalized spacial score (nSPS) is 19.9. The van der Waals surface area contributed by atoms with Crippen molar-refractivity contribution in [2.45, 2.75) is 44.4 Å². The lowest BCUT2D eigenvalue weighted by atomic mass is 10.0. The molecule has 0 bridgehead atoms. The van der Waals surface area contributed by atoms with Crippen LogP contribution >= 0.6 is 0 Å². The van der Waals surface area contributed by atoms with Crippen molar-refractivity contribution in [3.8, 4) is 0 Å². The molecule has 1 aliphatic heterocycles. The smallest absolute Gasteiger partial charge is 0.312 e. The average Bonchev–Trinajstić information content (AvgIpc) is 2.23. The van der Waals surface area contributed by atoms with Crippen LogP contribution < -0.4 is 10.0 Å². The summed E-state index contributed by atoms with van der Waals surface area (Å²) in [5, 5.41) is 3.23. The Morgan fingerprint density at radius 3 is 2.14 bits per heavy atom. The second kappa shape index (κ2) is 6.80. The minimum absolute atomic E-state index is 0.120. The van der Waals surface area contributed by atoms with Crippen LogP contribution in [0.1, 0.15) is 26.7 Å². The summed E-state index contributed by atoms with van der Waals surface area (Å²) in [5.41, 5.74) is -0.628. The van der Waals surface area contributed by atoms with Gasteiger partial charge in [0.15, 0.2) is 0 Å². The second-order valence-corrected chi connectivity index (χ2v) is 8.05. The molecule has 9 heteroatoms. The average molecular weight is 331 g/mol. The molecule has 0 aliphatic carbocycles. The van der Waals surface area contributed by atoms with Gasteiger partial charge in [0, 0.05) is 18.1 Å². The Hall–Kier alpha value is -0.380. The minimum atomic E-state index is -4.15. The predicted octanol–water partition coefficient (Wildman–Crippen LogP) is 0.931. The number of nitrogens with zero attached hydrogens (tertiary/aromatic N) is 1. The molecule has 0 aromatic rings. The van der Waals surface area contributed by atoms with Crippen molar-refractivity contribution in [2.75, 3.05) is 32.4 Å². The zero-order valence-electron chi connectivity index (χ0n) is 12.6. The number of hydrogen-bond donors (Lipinski definition) is 2. The van der Waals surface area contributed by atoms with Gasteiger partial charge in [-0.3, -0.25) is 4.90 Å². The van der Waals surface area contributed by atoms with E-state index in [1.54, 1.807) is 13.8 Å². The predicted molar refractivity (Wildman–Crippen MR) is 75.6 cm³/mol. The van der Waals surface area contributed by atoms with Crippen LogP contribution in [0.5, 0.6) is 0 Å². The first kappa shape index (κ1) is 18.7. The molecule has 0 saturated carbocycles. The summed E-state index contributed by atoms with van der Waals surface area (Å²) in [6.45, 7) is 3.90. The number of likely N-dealkylation sites (tertiary alicyclic amines) is 1. The zero-order chi connectivity index (χ0) is 16.3. The minimum Gasteiger partial charge on any atom is -0.312 e. The van der Waals surface area contributed by atoms with E-state index in [0.29, 0.717) is 32.5 Å². The largest absolute Gasteiger partial charge is 0.401 e. The van der Waals surface area contributed by atoms with Crippen LogP contribution in [0.15, 0.2) is 0 Å². The van der Waals surface area contributed by atoms with Crippen molar-refractivity contribution in [1.82, 2.24) is 14.9 Å². The van der Waals surface area contributed by atoms with E-state index in [1.165, 1.54) is 4.90 Å². The van der Waals surface area contributed by atoms with Crippen molar-refractivity contribution < 1.29 is 21.6 Å². The quantitative estimate of drug-likeness (QED) is 0.760. The van der Waals surface area contributed by atoms with Crippen LogP contribution in [0, 0.1) is 0 Å². The highest BCUT2D eigenvalue weighted by molar-refractivity contribution is 7.88. The zero-order valence-corrected chi connectivity index (χ0v) is 13.4. The van der Waals surface area contributed by atoms with Crippen LogP contribution in [0.4, 0.5) is 13.2 Å². The SMILES string of the molecule is CC(C)(CNC1CCN(CC(F)(F)F)CC1)NS(C)(=O)=O. The fourth-order valence-electron chi connectivity index (χ4n) is 2.49. The summed E-state index contributed by atoms with van der Waals surface area (Å²) in [4.78, 5) is 1.40. The first-order valence-electron chi connectivity index (χ1n) is 6.88. The third-order valence-electron chi connectivity index (χ3n) is 3.28. The third kappa shape index (κ3) is 8.60. The molecule has 2 N–H and O–H groups in total. The molecule has 1 saturated heterocycles. The highest BCUT2D eigenvalue weighted by Crippen LogP contribution is 2.20. The Balaban J connectivity index is 2.33. The Labute approximate surface area is 124 Å². The van der Waals surface area contributed by atoms with Crippen LogP contribution in [0.25, 0.3) is 0 Å². The molecule has 0 amide bonds. The summed E-state index contributed by atoms with van der Waals surface area (Å²) < 4.78 is 61.8. The molecule has 5 nitrogen and oxygen atoms in total. The Morgan fingerprint density at radius 2 is 1.71 bits per heavy atom. The van der Waals surface area contributed by atoms with E-state index in [0.717, 1.165) is 6.26 Å². The van der Waals surface area contributed by atoms with Crippen LogP contribution in [-0.4, -0.2) is 63.5 Å². The molecule has 1 aliphatic rings. The van der Waals surface area contributed by atoms with E-state index < -0.39 is 28.3 Å². The molecule has 0 aromatic heterocycles. The van der Waals surface area contributed by atoms with E-state index in [4.69, 9.17) is 0 Å². The monoisotopic (exact) mass is 331 g/mol. The van der Waals surface area contributed by atoms with Gasteiger partial charge < -0.3 is 5.32 Å². The van der Waals surface area contributed by atoms with Crippen molar-refractivity contribution in [2.24, 2.45) is 0 Å². The maximum absolute atomic E-state index is 12.3. The van der Waals surface area contributed by atoms with Gasteiger partial charge in [-0.05, 0) is 39.8 Å². The van der Waals surface area contributed by atoms with Gasteiger partial charge in [0.2, 0.25) is 10.0 Å². The molecule has 0 atom stereocenters. The summed E-state index contributed by atoms with van der Waals surface area (Å²) in [6.07, 6.45) is -1.79. The van der Waals surface area contributed by atoms with Gasteiger partial charge in [-0.2, -0.15) is 13.2 Å². The van der Waals surface area contributed by atoms with Gasteiger partial charge in [0.1, 0.15) is 0 Å². The van der Waals surface area contributed by atoms with Crippen molar-refractivity contribution in [3.63, 3.8) is 0 Å². The van der Waals surface area contributed by atoms with Crippen molar-refractivity contribution in [1.29, 1.82) is 0 Å². The summed E-state index contributed by atoms with van der Waals surface area (Å²) in [6, 6.07) is 0.120. The Morgan fingerprint density at radius 1 is 1.19 bits per heavy atom. The van der Waals surface area contributed by atoms with Gasteiger partial charge in [-0.25, -0.2) is 13.1 Å². The molecule has 0 spiro atoms. The lowest BCUT2D eigenvalue weighted by Crippen LogP contribution is -2.53. The second-order valence-electron chi connectivity index (χ2n) is 6.30. The summed E-state index contributed by atoms with van der Waals surface area (Å²) >= 11 is 0. The van der Waals surface area contributed by atoms with E-state index in [-0.39, 0.29) is 6.04 Å². The maximum atomic E-state index is 12.3. The van der Waals surface area contributed by atoms with E-state index in [9.17, 15) is 21.6 Å². The molecule has 0 radical (unpaired) electrons. The van der Waals surface area contributed by atoms with E-state index in [1.807, 2.05) is 0 Å². The molecule has 21 heavy (non-hydrogen) atoms.